The number of fused-ring (bicyclic) bond motifs is 5. The monoisotopic (exact) mass is 403 g/mol. The Morgan fingerprint density at radius 3 is 2.41 bits per heavy atom. The summed E-state index contributed by atoms with van der Waals surface area (Å²) in [5.74, 6) is 3.69. The van der Waals surface area contributed by atoms with Crippen LogP contribution in [0.15, 0.2) is 5.16 Å². The first kappa shape index (κ1) is 21.0. The van der Waals surface area contributed by atoms with Crippen molar-refractivity contribution in [3.8, 4) is 0 Å². The number of amides is 1. The van der Waals surface area contributed by atoms with Crippen molar-refractivity contribution in [3.63, 3.8) is 0 Å². The molecule has 0 bridgehead atoms. The van der Waals surface area contributed by atoms with Crippen LogP contribution in [0, 0.1) is 34.5 Å². The molecule has 1 aliphatic heterocycles. The van der Waals surface area contributed by atoms with Crippen LogP contribution >= 0.6 is 0 Å². The Morgan fingerprint density at radius 1 is 1.07 bits per heavy atom. The van der Waals surface area contributed by atoms with E-state index in [1.54, 1.807) is 0 Å². The van der Waals surface area contributed by atoms with Crippen molar-refractivity contribution < 1.29 is 10.0 Å². The summed E-state index contributed by atoms with van der Waals surface area (Å²) in [7, 11) is 2.12. The molecule has 3 saturated carbocycles. The predicted molar refractivity (Wildman–Crippen MR) is 116 cm³/mol. The van der Waals surface area contributed by atoms with E-state index >= 15 is 0 Å². The van der Waals surface area contributed by atoms with E-state index in [2.05, 4.69) is 49.7 Å². The third-order valence-corrected chi connectivity index (χ3v) is 10.1. The van der Waals surface area contributed by atoms with E-state index in [1.807, 2.05) is 0 Å². The van der Waals surface area contributed by atoms with Gasteiger partial charge in [-0.2, -0.15) is 0 Å². The molecule has 3 aliphatic carbocycles. The Balaban J connectivity index is 1.58. The Morgan fingerprint density at radius 2 is 1.76 bits per heavy atom. The van der Waals surface area contributed by atoms with Gasteiger partial charge in [0.25, 0.3) is 0 Å². The molecule has 164 valence electrons. The maximum atomic E-state index is 13.3. The third-order valence-electron chi connectivity index (χ3n) is 10.1. The van der Waals surface area contributed by atoms with Gasteiger partial charge in [-0.15, -0.1) is 0 Å². The fourth-order valence-corrected chi connectivity index (χ4v) is 8.44. The largest absolute Gasteiger partial charge is 0.409 e. The van der Waals surface area contributed by atoms with Crippen molar-refractivity contribution >= 4 is 11.7 Å². The second-order valence-electron chi connectivity index (χ2n) is 10.8. The van der Waals surface area contributed by atoms with Gasteiger partial charge in [0.05, 0.1) is 0 Å². The molecule has 0 spiro atoms. The first-order valence-electron chi connectivity index (χ1n) is 12.0. The fraction of sp³-hybridized carbons (Fsp3) is 0.917. The summed E-state index contributed by atoms with van der Waals surface area (Å²) >= 11 is 0. The second-order valence-corrected chi connectivity index (χ2v) is 10.8. The minimum absolute atomic E-state index is 0.183. The van der Waals surface area contributed by atoms with Crippen LogP contribution in [-0.4, -0.2) is 52.9 Å². The lowest BCUT2D eigenvalue weighted by Crippen LogP contribution is -2.61. The summed E-state index contributed by atoms with van der Waals surface area (Å²) in [6.07, 6.45) is 9.24. The van der Waals surface area contributed by atoms with Crippen molar-refractivity contribution in [2.24, 2.45) is 39.7 Å². The molecular formula is C24H41N3O2. The van der Waals surface area contributed by atoms with E-state index in [9.17, 15) is 10.0 Å². The number of hydrogen-bond donors (Lipinski definition) is 1. The molecule has 1 amide bonds. The molecule has 0 aromatic carbocycles. The molecule has 4 rings (SSSR count). The molecule has 0 aromatic heterocycles. The number of nitrogens with zero attached hydrogens (tertiary/aromatic N) is 3. The van der Waals surface area contributed by atoms with Crippen LogP contribution in [0.4, 0.5) is 0 Å². The second kappa shape index (κ2) is 7.46. The number of piperidine rings is 1. The van der Waals surface area contributed by atoms with Crippen molar-refractivity contribution in [1.82, 2.24) is 9.80 Å². The minimum atomic E-state index is 0.183. The first-order valence-corrected chi connectivity index (χ1v) is 12.0. The lowest BCUT2D eigenvalue weighted by atomic mass is 9.47. The van der Waals surface area contributed by atoms with Crippen LogP contribution in [0.5, 0.6) is 0 Å². The van der Waals surface area contributed by atoms with Crippen molar-refractivity contribution in [3.05, 3.63) is 0 Å². The number of carbonyl (C=O) groups is 1. The van der Waals surface area contributed by atoms with Gasteiger partial charge in [0.2, 0.25) is 5.91 Å². The summed E-state index contributed by atoms with van der Waals surface area (Å²) in [5.41, 5.74) is 0.483. The third kappa shape index (κ3) is 2.93. The zero-order valence-electron chi connectivity index (χ0n) is 19.2. The van der Waals surface area contributed by atoms with Gasteiger partial charge in [-0.3, -0.25) is 4.79 Å². The van der Waals surface area contributed by atoms with Gasteiger partial charge in [-0.05, 0) is 87.4 Å². The molecule has 0 aromatic rings. The molecule has 29 heavy (non-hydrogen) atoms. The van der Waals surface area contributed by atoms with Crippen molar-refractivity contribution in [2.45, 2.75) is 85.1 Å². The highest BCUT2D eigenvalue weighted by atomic mass is 16.4. The number of amidine groups is 1. The molecule has 1 saturated heterocycles. The summed E-state index contributed by atoms with van der Waals surface area (Å²) in [5, 5.41) is 13.0. The van der Waals surface area contributed by atoms with Crippen LogP contribution in [0.25, 0.3) is 0 Å². The van der Waals surface area contributed by atoms with E-state index in [4.69, 9.17) is 0 Å². The first-order chi connectivity index (χ1) is 13.8. The molecular weight excluding hydrogens is 362 g/mol. The van der Waals surface area contributed by atoms with Gasteiger partial charge in [-0.25, -0.2) is 0 Å². The molecule has 0 unspecified atom stereocenters. The van der Waals surface area contributed by atoms with Crippen LogP contribution in [0.2, 0.25) is 0 Å². The summed E-state index contributed by atoms with van der Waals surface area (Å²) in [4.78, 5) is 17.6. The molecule has 1 heterocycles. The average molecular weight is 404 g/mol. The van der Waals surface area contributed by atoms with Gasteiger partial charge in [0, 0.05) is 38.5 Å². The summed E-state index contributed by atoms with van der Waals surface area (Å²) in [6.45, 7) is 10.8. The van der Waals surface area contributed by atoms with E-state index in [0.29, 0.717) is 23.3 Å². The number of carbonyl (C=O) groups excluding carboxylic acids is 1. The minimum Gasteiger partial charge on any atom is -0.409 e. The average Bonchev–Trinajstić information content (AvgIpc) is 3.06. The van der Waals surface area contributed by atoms with Crippen LogP contribution < -0.4 is 0 Å². The Labute approximate surface area is 176 Å². The van der Waals surface area contributed by atoms with E-state index in [1.165, 1.54) is 32.1 Å². The topological polar surface area (TPSA) is 56.1 Å². The lowest BCUT2D eigenvalue weighted by molar-refractivity contribution is -0.145. The fourth-order valence-electron chi connectivity index (χ4n) is 8.44. The van der Waals surface area contributed by atoms with Gasteiger partial charge in [-0.1, -0.05) is 19.0 Å². The summed E-state index contributed by atoms with van der Waals surface area (Å²) in [6, 6.07) is 0.488. The molecule has 4 fully saturated rings. The van der Waals surface area contributed by atoms with Crippen LogP contribution in [0.3, 0.4) is 0 Å². The predicted octanol–water partition coefficient (Wildman–Crippen LogP) is 4.60. The van der Waals surface area contributed by atoms with Crippen molar-refractivity contribution in [1.29, 1.82) is 0 Å². The zero-order valence-corrected chi connectivity index (χ0v) is 19.2. The molecule has 5 nitrogen and oxygen atoms in total. The Kier molecular flexibility index (Phi) is 5.40. The molecule has 7 atom stereocenters. The standard InChI is InChI=1S/C24H41N3O2/c1-6-27(7-2)22(28)19-10-9-17-16-8-11-20-24(4,15-13-21(25-29)26(20)5)18(16)12-14-23(17,19)3/h16-20,29H,6-15H2,1-5H3/b25-21+/t16-,17-,18-,19+,20+,23-,24+/m0/s1. The van der Waals surface area contributed by atoms with Gasteiger partial charge < -0.3 is 15.0 Å². The summed E-state index contributed by atoms with van der Waals surface area (Å²) < 4.78 is 0. The maximum absolute atomic E-state index is 13.3. The highest BCUT2D eigenvalue weighted by Crippen LogP contribution is 2.66. The normalized spacial score (nSPS) is 45.5. The van der Waals surface area contributed by atoms with Crippen molar-refractivity contribution in [2.75, 3.05) is 20.1 Å². The molecule has 5 heteroatoms. The van der Waals surface area contributed by atoms with E-state index < -0.39 is 0 Å². The smallest absolute Gasteiger partial charge is 0.226 e. The maximum Gasteiger partial charge on any atom is 0.226 e. The molecule has 0 radical (unpaired) electrons. The van der Waals surface area contributed by atoms with E-state index in [-0.39, 0.29) is 11.3 Å². The number of rotatable bonds is 3. The molecule has 1 N–H and O–H groups in total. The highest BCUT2D eigenvalue weighted by Gasteiger charge is 2.62. The Bertz CT molecular complexity index is 675. The Hall–Kier alpha value is -1.26. The van der Waals surface area contributed by atoms with Crippen LogP contribution in [-0.2, 0) is 4.79 Å². The van der Waals surface area contributed by atoms with Gasteiger partial charge in [0.15, 0.2) is 0 Å². The van der Waals surface area contributed by atoms with Gasteiger partial charge >= 0.3 is 0 Å². The number of likely N-dealkylation sites (tertiary alicyclic amines) is 1. The lowest BCUT2D eigenvalue weighted by Gasteiger charge is -2.62. The highest BCUT2D eigenvalue weighted by molar-refractivity contribution is 5.83. The number of hydrogen-bond acceptors (Lipinski definition) is 3. The zero-order chi connectivity index (χ0) is 21.0. The van der Waals surface area contributed by atoms with Gasteiger partial charge in [0.1, 0.15) is 5.84 Å². The quantitative estimate of drug-likeness (QED) is 0.554. The molecule has 4 aliphatic rings. The van der Waals surface area contributed by atoms with E-state index in [0.717, 1.165) is 50.0 Å². The van der Waals surface area contributed by atoms with Crippen LogP contribution in [0.1, 0.15) is 79.1 Å². The SMILES string of the molecule is CCN(CC)C(=O)[C@H]1CC[C@H]2[C@@H]3CC[C@H]4N(C)/C(=N/O)CC[C@]4(C)[C@H]3CC[C@]12C. The number of oxime groups is 1.